The molecule has 1 aliphatic rings. The second kappa shape index (κ2) is 7.28. The normalized spacial score (nSPS) is 17.6. The maximum atomic E-state index is 12.6. The highest BCUT2D eigenvalue weighted by atomic mass is 32.2. The molecule has 2 heterocycles. The molecule has 1 N–H and O–H groups in total. The maximum absolute atomic E-state index is 12.6. The molecule has 1 fully saturated rings. The first-order valence-electron chi connectivity index (χ1n) is 7.90. The van der Waals surface area contributed by atoms with E-state index in [-0.39, 0.29) is 22.2 Å². The Bertz CT molecular complexity index is 892. The van der Waals surface area contributed by atoms with Gasteiger partial charge in [0.05, 0.1) is 16.7 Å². The standard InChI is InChI=1S/C16H16F3N3O3S/c1-9-3-2-4-11-13(9)21-12(8-26-10-5-6-20-7-10)22(14(11)23)25-15(24)16(17,18)19/h2-4,10,20H,5-8H2,1H3. The Morgan fingerprint density at radius 2 is 2.23 bits per heavy atom. The van der Waals surface area contributed by atoms with Crippen LogP contribution in [0.25, 0.3) is 10.9 Å². The van der Waals surface area contributed by atoms with Gasteiger partial charge in [0, 0.05) is 11.8 Å². The van der Waals surface area contributed by atoms with Gasteiger partial charge in [-0.1, -0.05) is 12.1 Å². The molecule has 1 aromatic carbocycles. The van der Waals surface area contributed by atoms with Gasteiger partial charge in [0.25, 0.3) is 5.56 Å². The average molecular weight is 387 g/mol. The van der Waals surface area contributed by atoms with Gasteiger partial charge in [-0.15, -0.1) is 16.5 Å². The second-order valence-electron chi connectivity index (χ2n) is 5.90. The van der Waals surface area contributed by atoms with Crippen LogP contribution < -0.4 is 15.7 Å². The molecule has 0 bridgehead atoms. The van der Waals surface area contributed by atoms with Crippen LogP contribution >= 0.6 is 11.8 Å². The number of nitrogens with one attached hydrogen (secondary N) is 1. The summed E-state index contributed by atoms with van der Waals surface area (Å²) in [5, 5.41) is 3.53. The molecule has 0 amide bonds. The van der Waals surface area contributed by atoms with Crippen LogP contribution in [0.2, 0.25) is 0 Å². The van der Waals surface area contributed by atoms with Gasteiger partial charge in [0.1, 0.15) is 0 Å². The first-order valence-corrected chi connectivity index (χ1v) is 8.95. The van der Waals surface area contributed by atoms with Crippen molar-refractivity contribution >= 4 is 28.6 Å². The monoisotopic (exact) mass is 387 g/mol. The fourth-order valence-electron chi connectivity index (χ4n) is 2.66. The van der Waals surface area contributed by atoms with Crippen molar-refractivity contribution in [3.63, 3.8) is 0 Å². The van der Waals surface area contributed by atoms with Crippen LogP contribution in [0.4, 0.5) is 13.2 Å². The zero-order valence-electron chi connectivity index (χ0n) is 13.8. The van der Waals surface area contributed by atoms with Gasteiger partial charge in [0.2, 0.25) is 0 Å². The van der Waals surface area contributed by atoms with Crippen molar-refractivity contribution in [2.24, 2.45) is 0 Å². The minimum Gasteiger partial charge on any atom is -0.323 e. The lowest BCUT2D eigenvalue weighted by atomic mass is 10.1. The van der Waals surface area contributed by atoms with Crippen LogP contribution in [0.3, 0.4) is 0 Å². The number of halogens is 3. The summed E-state index contributed by atoms with van der Waals surface area (Å²) in [6, 6.07) is 4.78. The van der Waals surface area contributed by atoms with Crippen LogP contribution in [0, 0.1) is 6.92 Å². The molecule has 1 atom stereocenters. The minimum atomic E-state index is -5.21. The summed E-state index contributed by atoms with van der Waals surface area (Å²) in [6.07, 6.45) is -4.30. The minimum absolute atomic E-state index is 0.0219. The summed E-state index contributed by atoms with van der Waals surface area (Å²) in [5.74, 6) is -2.33. The van der Waals surface area contributed by atoms with Crippen molar-refractivity contribution in [3.05, 3.63) is 39.9 Å². The zero-order valence-corrected chi connectivity index (χ0v) is 14.6. The Morgan fingerprint density at radius 1 is 1.46 bits per heavy atom. The van der Waals surface area contributed by atoms with Crippen LogP contribution in [-0.4, -0.2) is 40.2 Å². The van der Waals surface area contributed by atoms with Gasteiger partial charge in [-0.2, -0.15) is 13.2 Å². The van der Waals surface area contributed by atoms with Gasteiger partial charge in [-0.05, 0) is 31.5 Å². The molecule has 0 aliphatic carbocycles. The molecule has 140 valence electrons. The van der Waals surface area contributed by atoms with E-state index in [9.17, 15) is 22.8 Å². The van der Waals surface area contributed by atoms with E-state index in [2.05, 4.69) is 15.1 Å². The van der Waals surface area contributed by atoms with Crippen molar-refractivity contribution in [2.75, 3.05) is 13.1 Å². The molecule has 6 nitrogen and oxygen atoms in total. The lowest BCUT2D eigenvalue weighted by Gasteiger charge is -2.15. The number of thioether (sulfide) groups is 1. The predicted molar refractivity (Wildman–Crippen MR) is 91.0 cm³/mol. The molecule has 1 aliphatic heterocycles. The molecular formula is C16H16F3N3O3S. The smallest absolute Gasteiger partial charge is 0.323 e. The molecule has 1 aromatic heterocycles. The molecule has 0 spiro atoms. The molecule has 26 heavy (non-hydrogen) atoms. The third-order valence-corrected chi connectivity index (χ3v) is 5.30. The Morgan fingerprint density at radius 3 is 2.88 bits per heavy atom. The maximum Gasteiger partial charge on any atom is 0.493 e. The van der Waals surface area contributed by atoms with E-state index >= 15 is 0 Å². The Balaban J connectivity index is 2.03. The van der Waals surface area contributed by atoms with Crippen LogP contribution in [-0.2, 0) is 10.5 Å². The summed E-state index contributed by atoms with van der Waals surface area (Å²) in [4.78, 5) is 32.5. The van der Waals surface area contributed by atoms with E-state index in [0.29, 0.717) is 15.8 Å². The number of fused-ring (bicyclic) bond motifs is 1. The molecule has 3 rings (SSSR count). The summed E-state index contributed by atoms with van der Waals surface area (Å²) in [7, 11) is 0. The van der Waals surface area contributed by atoms with E-state index in [1.54, 1.807) is 19.1 Å². The number of hydrogen-bond donors (Lipinski definition) is 1. The molecule has 1 unspecified atom stereocenters. The number of carbonyl (C=O) groups is 1. The summed E-state index contributed by atoms with van der Waals surface area (Å²) < 4.78 is 38.1. The third-order valence-electron chi connectivity index (χ3n) is 4.00. The van der Waals surface area contributed by atoms with Crippen molar-refractivity contribution < 1.29 is 22.8 Å². The molecule has 1 saturated heterocycles. The van der Waals surface area contributed by atoms with Gasteiger partial charge >= 0.3 is 12.1 Å². The summed E-state index contributed by atoms with van der Waals surface area (Å²) in [5.41, 5.74) is 0.260. The van der Waals surface area contributed by atoms with Crippen LogP contribution in [0.15, 0.2) is 23.0 Å². The second-order valence-corrected chi connectivity index (χ2v) is 7.19. The number of hydrogen-bond acceptors (Lipinski definition) is 6. The quantitative estimate of drug-likeness (QED) is 0.863. The molecule has 0 saturated carbocycles. The molecular weight excluding hydrogens is 371 g/mol. The fourth-order valence-corrected chi connectivity index (χ4v) is 3.75. The average Bonchev–Trinajstić information content (AvgIpc) is 3.09. The highest BCUT2D eigenvalue weighted by molar-refractivity contribution is 7.99. The Kier molecular flexibility index (Phi) is 5.24. The van der Waals surface area contributed by atoms with Gasteiger partial charge < -0.3 is 10.2 Å². The van der Waals surface area contributed by atoms with Crippen LogP contribution in [0.5, 0.6) is 0 Å². The van der Waals surface area contributed by atoms with Crippen LogP contribution in [0.1, 0.15) is 17.8 Å². The lowest BCUT2D eigenvalue weighted by Crippen LogP contribution is -2.40. The molecule has 0 radical (unpaired) electrons. The molecule has 10 heteroatoms. The van der Waals surface area contributed by atoms with Gasteiger partial charge in [0.15, 0.2) is 5.82 Å². The van der Waals surface area contributed by atoms with Crippen molar-refractivity contribution in [1.29, 1.82) is 0 Å². The first kappa shape index (κ1) is 18.7. The third kappa shape index (κ3) is 3.85. The van der Waals surface area contributed by atoms with Gasteiger partial charge in [-0.3, -0.25) is 4.79 Å². The predicted octanol–water partition coefficient (Wildman–Crippen LogP) is 1.82. The van der Waals surface area contributed by atoms with E-state index in [1.165, 1.54) is 17.8 Å². The summed E-state index contributed by atoms with van der Waals surface area (Å²) in [6.45, 7) is 3.38. The summed E-state index contributed by atoms with van der Waals surface area (Å²) >= 11 is 1.45. The molecule has 2 aromatic rings. The fraction of sp³-hybridized carbons (Fsp3) is 0.438. The van der Waals surface area contributed by atoms with Crippen molar-refractivity contribution in [1.82, 2.24) is 15.0 Å². The van der Waals surface area contributed by atoms with E-state index in [0.717, 1.165) is 19.5 Å². The van der Waals surface area contributed by atoms with Crippen molar-refractivity contribution in [2.45, 2.75) is 30.5 Å². The SMILES string of the molecule is Cc1cccc2c(=O)n(OC(=O)C(F)(F)F)c(CSC3CCNC3)nc12. The highest BCUT2D eigenvalue weighted by Crippen LogP contribution is 2.23. The number of rotatable bonds is 4. The number of carbonyl (C=O) groups excluding carboxylic acids is 1. The number of aryl methyl sites for hydroxylation is 1. The zero-order chi connectivity index (χ0) is 18.9. The number of aromatic nitrogens is 2. The number of nitrogens with zero attached hydrogens (tertiary/aromatic N) is 2. The number of alkyl halides is 3. The van der Waals surface area contributed by atoms with Gasteiger partial charge in [-0.25, -0.2) is 9.78 Å². The Hall–Kier alpha value is -2.07. The highest BCUT2D eigenvalue weighted by Gasteiger charge is 2.42. The van der Waals surface area contributed by atoms with Crippen molar-refractivity contribution in [3.8, 4) is 0 Å². The van der Waals surface area contributed by atoms with E-state index in [1.807, 2.05) is 0 Å². The Labute approximate surface area is 150 Å². The number of para-hydroxylation sites is 1. The van der Waals surface area contributed by atoms with E-state index < -0.39 is 17.7 Å². The first-order chi connectivity index (χ1) is 12.3. The lowest BCUT2D eigenvalue weighted by molar-refractivity contribution is -0.200. The largest absolute Gasteiger partial charge is 0.493 e. The topological polar surface area (TPSA) is 73.2 Å². The number of benzene rings is 1. The van der Waals surface area contributed by atoms with E-state index in [4.69, 9.17) is 0 Å².